The van der Waals surface area contributed by atoms with Crippen LogP contribution in [0, 0.1) is 6.92 Å². The summed E-state index contributed by atoms with van der Waals surface area (Å²) in [5.74, 6) is 0.765. The Kier molecular flexibility index (Phi) is 5.61. The first kappa shape index (κ1) is 16.4. The molecule has 1 fully saturated rings. The molecule has 0 bridgehead atoms. The molecule has 0 radical (unpaired) electrons. The first-order chi connectivity index (χ1) is 11.2. The molecule has 1 N–H and O–H groups in total. The monoisotopic (exact) mass is 334 g/mol. The number of aromatic nitrogens is 1. The van der Waals surface area contributed by atoms with Crippen LogP contribution in [0.3, 0.4) is 0 Å². The highest BCUT2D eigenvalue weighted by molar-refractivity contribution is 7.09. The Morgan fingerprint density at radius 3 is 2.70 bits per heavy atom. The third kappa shape index (κ3) is 4.75. The summed E-state index contributed by atoms with van der Waals surface area (Å²) in [6, 6.07) is 7.84. The van der Waals surface area contributed by atoms with Crippen molar-refractivity contribution in [2.45, 2.75) is 13.0 Å². The van der Waals surface area contributed by atoms with Crippen LogP contribution in [0.5, 0.6) is 5.75 Å². The van der Waals surface area contributed by atoms with Crippen molar-refractivity contribution in [2.24, 2.45) is 0 Å². The molecule has 2 heterocycles. The molecule has 3 rings (SSSR count). The quantitative estimate of drug-likeness (QED) is 0.878. The number of ether oxygens (including phenoxy) is 2. The number of rotatable bonds is 6. The molecular weight excluding hydrogens is 312 g/mol. The van der Waals surface area contributed by atoms with Gasteiger partial charge in [-0.3, -0.25) is 4.90 Å². The Morgan fingerprint density at radius 2 is 2.04 bits per heavy atom. The molecule has 0 saturated carbocycles. The summed E-state index contributed by atoms with van der Waals surface area (Å²) in [5.41, 5.74) is 2.07. The van der Waals surface area contributed by atoms with Crippen molar-refractivity contribution < 1.29 is 14.6 Å². The molecule has 23 heavy (non-hydrogen) atoms. The van der Waals surface area contributed by atoms with Crippen molar-refractivity contribution in [1.29, 1.82) is 0 Å². The smallest absolute Gasteiger partial charge is 0.119 e. The molecule has 1 aliphatic rings. The van der Waals surface area contributed by atoms with Crippen molar-refractivity contribution in [1.82, 2.24) is 9.88 Å². The number of aryl methyl sites for hydroxylation is 1. The van der Waals surface area contributed by atoms with E-state index in [9.17, 15) is 5.11 Å². The van der Waals surface area contributed by atoms with Crippen LogP contribution in [0.15, 0.2) is 29.6 Å². The molecule has 0 spiro atoms. The van der Waals surface area contributed by atoms with E-state index in [0.29, 0.717) is 13.2 Å². The van der Waals surface area contributed by atoms with E-state index in [4.69, 9.17) is 9.47 Å². The van der Waals surface area contributed by atoms with E-state index in [1.54, 1.807) is 11.3 Å². The maximum atomic E-state index is 10.1. The largest absolute Gasteiger partial charge is 0.491 e. The van der Waals surface area contributed by atoms with Gasteiger partial charge >= 0.3 is 0 Å². The number of aliphatic hydroxyl groups is 1. The van der Waals surface area contributed by atoms with Gasteiger partial charge in [-0.25, -0.2) is 4.98 Å². The van der Waals surface area contributed by atoms with Crippen molar-refractivity contribution in [3.05, 3.63) is 34.7 Å². The van der Waals surface area contributed by atoms with Crippen LogP contribution in [0.2, 0.25) is 0 Å². The SMILES string of the molecule is Cc1nc(-c2ccc(OC[C@H](O)CN3CCOCC3)cc2)cs1. The van der Waals surface area contributed by atoms with Gasteiger partial charge in [-0.15, -0.1) is 11.3 Å². The average Bonchev–Trinajstić information content (AvgIpc) is 3.01. The second kappa shape index (κ2) is 7.88. The number of β-amino-alcohol motifs (C(OH)–C–C–N with tert-alkyl or cyclic N) is 1. The summed E-state index contributed by atoms with van der Waals surface area (Å²) in [4.78, 5) is 6.67. The van der Waals surface area contributed by atoms with E-state index < -0.39 is 6.10 Å². The molecular formula is C17H22N2O3S. The minimum Gasteiger partial charge on any atom is -0.491 e. The van der Waals surface area contributed by atoms with Gasteiger partial charge in [-0.1, -0.05) is 0 Å². The predicted molar refractivity (Wildman–Crippen MR) is 91.0 cm³/mol. The van der Waals surface area contributed by atoms with Crippen LogP contribution in [-0.2, 0) is 4.74 Å². The van der Waals surface area contributed by atoms with E-state index in [1.807, 2.05) is 31.2 Å². The van der Waals surface area contributed by atoms with Gasteiger partial charge in [0, 0.05) is 30.6 Å². The molecule has 6 heteroatoms. The standard InChI is InChI=1S/C17H22N2O3S/c1-13-18-17(12-23-13)14-2-4-16(5-3-14)22-11-15(20)10-19-6-8-21-9-7-19/h2-5,12,15,20H,6-11H2,1H3/t15-/m1/s1. The van der Waals surface area contributed by atoms with Gasteiger partial charge in [0.05, 0.1) is 23.9 Å². The normalized spacial score (nSPS) is 17.1. The highest BCUT2D eigenvalue weighted by Gasteiger charge is 2.15. The highest BCUT2D eigenvalue weighted by atomic mass is 32.1. The highest BCUT2D eigenvalue weighted by Crippen LogP contribution is 2.23. The summed E-state index contributed by atoms with van der Waals surface area (Å²) in [6.07, 6.45) is -0.492. The maximum absolute atomic E-state index is 10.1. The van der Waals surface area contributed by atoms with E-state index in [1.165, 1.54) is 0 Å². The zero-order chi connectivity index (χ0) is 16.1. The lowest BCUT2D eigenvalue weighted by Crippen LogP contribution is -2.42. The Hall–Kier alpha value is -1.47. The maximum Gasteiger partial charge on any atom is 0.119 e. The zero-order valence-electron chi connectivity index (χ0n) is 13.3. The third-order valence-corrected chi connectivity index (χ3v) is 4.56. The van der Waals surface area contributed by atoms with Gasteiger partial charge in [0.2, 0.25) is 0 Å². The van der Waals surface area contributed by atoms with Crippen LogP contribution in [0.4, 0.5) is 0 Å². The summed E-state index contributed by atoms with van der Waals surface area (Å²) in [5, 5.41) is 13.2. The molecule has 1 saturated heterocycles. The fourth-order valence-corrected chi connectivity index (χ4v) is 3.17. The third-order valence-electron chi connectivity index (χ3n) is 3.78. The zero-order valence-corrected chi connectivity index (χ0v) is 14.1. The molecule has 1 aromatic heterocycles. The first-order valence-electron chi connectivity index (χ1n) is 7.84. The first-order valence-corrected chi connectivity index (χ1v) is 8.72. The number of nitrogens with zero attached hydrogens (tertiary/aromatic N) is 2. The van der Waals surface area contributed by atoms with Crippen molar-refractivity contribution in [3.63, 3.8) is 0 Å². The second-order valence-electron chi connectivity index (χ2n) is 5.65. The molecule has 5 nitrogen and oxygen atoms in total. The fourth-order valence-electron chi connectivity index (χ4n) is 2.54. The topological polar surface area (TPSA) is 54.8 Å². The lowest BCUT2D eigenvalue weighted by Gasteiger charge is -2.28. The van der Waals surface area contributed by atoms with Crippen LogP contribution in [0.25, 0.3) is 11.3 Å². The second-order valence-corrected chi connectivity index (χ2v) is 6.72. The Morgan fingerprint density at radius 1 is 1.30 bits per heavy atom. The van der Waals surface area contributed by atoms with Crippen molar-refractivity contribution >= 4 is 11.3 Å². The van der Waals surface area contributed by atoms with Crippen LogP contribution in [-0.4, -0.2) is 60.5 Å². The average molecular weight is 334 g/mol. The molecule has 1 aliphatic heterocycles. The van der Waals surface area contributed by atoms with Gasteiger partial charge in [0.25, 0.3) is 0 Å². The lowest BCUT2D eigenvalue weighted by molar-refractivity contribution is 0.00466. The number of hydrogen-bond donors (Lipinski definition) is 1. The molecule has 124 valence electrons. The number of thiazole rings is 1. The molecule has 1 aromatic carbocycles. The van der Waals surface area contributed by atoms with Crippen molar-refractivity contribution in [3.8, 4) is 17.0 Å². The number of hydrogen-bond acceptors (Lipinski definition) is 6. The Bertz CT molecular complexity index is 609. The molecule has 0 aliphatic carbocycles. The van der Waals surface area contributed by atoms with Crippen LogP contribution >= 0.6 is 11.3 Å². The molecule has 0 amide bonds. The van der Waals surface area contributed by atoms with Gasteiger partial charge in [-0.2, -0.15) is 0 Å². The summed E-state index contributed by atoms with van der Waals surface area (Å²) in [7, 11) is 0. The van der Waals surface area contributed by atoms with Gasteiger partial charge < -0.3 is 14.6 Å². The van der Waals surface area contributed by atoms with Crippen molar-refractivity contribution in [2.75, 3.05) is 39.5 Å². The van der Waals surface area contributed by atoms with Gasteiger partial charge in [-0.05, 0) is 31.2 Å². The molecule has 1 atom stereocenters. The van der Waals surface area contributed by atoms with E-state index in [-0.39, 0.29) is 0 Å². The van der Waals surface area contributed by atoms with E-state index in [0.717, 1.165) is 48.3 Å². The Labute approximate surface area is 140 Å². The minimum atomic E-state index is -0.492. The van der Waals surface area contributed by atoms with E-state index >= 15 is 0 Å². The lowest BCUT2D eigenvalue weighted by atomic mass is 10.2. The number of morpholine rings is 1. The number of benzene rings is 1. The number of aliphatic hydroxyl groups excluding tert-OH is 1. The summed E-state index contributed by atoms with van der Waals surface area (Å²) in [6.45, 7) is 6.15. The predicted octanol–water partition coefficient (Wildman–Crippen LogP) is 2.19. The van der Waals surface area contributed by atoms with Gasteiger partial charge in [0.15, 0.2) is 0 Å². The summed E-state index contributed by atoms with van der Waals surface area (Å²) < 4.78 is 11.0. The van der Waals surface area contributed by atoms with E-state index in [2.05, 4.69) is 15.3 Å². The molecule has 0 unspecified atom stereocenters. The molecule has 2 aromatic rings. The fraction of sp³-hybridized carbons (Fsp3) is 0.471. The summed E-state index contributed by atoms with van der Waals surface area (Å²) >= 11 is 1.65. The van der Waals surface area contributed by atoms with Crippen LogP contribution < -0.4 is 4.74 Å². The van der Waals surface area contributed by atoms with Gasteiger partial charge in [0.1, 0.15) is 18.5 Å². The minimum absolute atomic E-state index is 0.298. The van der Waals surface area contributed by atoms with Crippen LogP contribution in [0.1, 0.15) is 5.01 Å². The Balaban J connectivity index is 1.48.